The highest BCUT2D eigenvalue weighted by molar-refractivity contribution is 5.32. The van der Waals surface area contributed by atoms with Crippen molar-refractivity contribution in [3.8, 4) is 5.75 Å². The van der Waals surface area contributed by atoms with E-state index in [4.69, 9.17) is 9.47 Å². The second kappa shape index (κ2) is 7.40. The van der Waals surface area contributed by atoms with Crippen LogP contribution in [0.5, 0.6) is 5.75 Å². The molecule has 0 amide bonds. The summed E-state index contributed by atoms with van der Waals surface area (Å²) in [6, 6.07) is 5.64. The lowest BCUT2D eigenvalue weighted by Crippen LogP contribution is -2.47. The number of nitrogens with zero attached hydrogens (tertiary/aromatic N) is 1. The first kappa shape index (κ1) is 15.7. The fourth-order valence-corrected chi connectivity index (χ4v) is 3.63. The summed E-state index contributed by atoms with van der Waals surface area (Å²) in [4.78, 5) is 2.53. The number of hydrogen-bond acceptors (Lipinski definition) is 4. The van der Waals surface area contributed by atoms with Crippen LogP contribution in [0.25, 0.3) is 0 Å². The number of ether oxygens (including phenoxy) is 2. The Bertz CT molecular complexity index is 468. The predicted molar refractivity (Wildman–Crippen MR) is 83.7 cm³/mol. The summed E-state index contributed by atoms with van der Waals surface area (Å²) in [5.74, 6) is 0.601. The molecule has 0 unspecified atom stereocenters. The molecule has 1 N–H and O–H groups in total. The van der Waals surface area contributed by atoms with Gasteiger partial charge in [0.15, 0.2) is 11.6 Å². The maximum absolute atomic E-state index is 13.7. The molecule has 2 saturated heterocycles. The summed E-state index contributed by atoms with van der Waals surface area (Å²) in [5, 5.41) is 3.40. The van der Waals surface area contributed by atoms with Crippen LogP contribution in [0.1, 0.15) is 24.4 Å². The van der Waals surface area contributed by atoms with Crippen molar-refractivity contribution < 1.29 is 13.9 Å². The van der Waals surface area contributed by atoms with Crippen molar-refractivity contribution >= 4 is 0 Å². The molecule has 3 rings (SSSR count). The summed E-state index contributed by atoms with van der Waals surface area (Å²) in [5.41, 5.74) is 1.16. The van der Waals surface area contributed by atoms with Crippen LogP contribution in [0.15, 0.2) is 18.2 Å². The third kappa shape index (κ3) is 3.42. The van der Waals surface area contributed by atoms with Crippen molar-refractivity contribution in [2.45, 2.75) is 18.9 Å². The second-order valence-electron chi connectivity index (χ2n) is 6.07. The Morgan fingerprint density at radius 2 is 2.00 bits per heavy atom. The number of halogens is 1. The molecule has 0 bridgehead atoms. The fourth-order valence-electron chi connectivity index (χ4n) is 3.63. The Morgan fingerprint density at radius 1 is 1.27 bits per heavy atom. The second-order valence-corrected chi connectivity index (χ2v) is 6.07. The van der Waals surface area contributed by atoms with Crippen molar-refractivity contribution in [2.75, 3.05) is 46.5 Å². The smallest absolute Gasteiger partial charge is 0.165 e. The Balaban J connectivity index is 1.89. The lowest BCUT2D eigenvalue weighted by molar-refractivity contribution is 0.0212. The maximum atomic E-state index is 13.7. The topological polar surface area (TPSA) is 33.7 Å². The number of benzene rings is 1. The number of piperazine rings is 1. The van der Waals surface area contributed by atoms with E-state index in [0.29, 0.717) is 17.7 Å². The quantitative estimate of drug-likeness (QED) is 0.925. The molecule has 2 heterocycles. The Labute approximate surface area is 131 Å². The van der Waals surface area contributed by atoms with Crippen molar-refractivity contribution in [3.05, 3.63) is 29.6 Å². The molecule has 5 heteroatoms. The van der Waals surface area contributed by atoms with Gasteiger partial charge in [-0.25, -0.2) is 4.39 Å². The van der Waals surface area contributed by atoms with Gasteiger partial charge in [-0.1, -0.05) is 6.07 Å². The van der Waals surface area contributed by atoms with Crippen molar-refractivity contribution in [1.82, 2.24) is 10.2 Å². The van der Waals surface area contributed by atoms with Gasteiger partial charge in [-0.2, -0.15) is 0 Å². The molecule has 1 aromatic rings. The molecule has 4 nitrogen and oxygen atoms in total. The molecule has 0 spiro atoms. The van der Waals surface area contributed by atoms with Crippen LogP contribution >= 0.6 is 0 Å². The average molecular weight is 308 g/mol. The van der Waals surface area contributed by atoms with Gasteiger partial charge >= 0.3 is 0 Å². The molecule has 2 aliphatic heterocycles. The van der Waals surface area contributed by atoms with Crippen LogP contribution in [0.3, 0.4) is 0 Å². The highest BCUT2D eigenvalue weighted by Gasteiger charge is 2.31. The van der Waals surface area contributed by atoms with E-state index in [0.717, 1.165) is 57.8 Å². The average Bonchev–Trinajstić information content (AvgIpc) is 2.58. The molecule has 2 fully saturated rings. The first-order chi connectivity index (χ1) is 10.8. The van der Waals surface area contributed by atoms with Crippen molar-refractivity contribution in [2.24, 2.45) is 5.92 Å². The zero-order valence-electron chi connectivity index (χ0n) is 13.2. The van der Waals surface area contributed by atoms with Crippen LogP contribution in [-0.4, -0.2) is 51.4 Å². The number of hydrogen-bond donors (Lipinski definition) is 1. The van der Waals surface area contributed by atoms with Gasteiger partial charge in [-0.05, 0) is 36.5 Å². The summed E-state index contributed by atoms with van der Waals surface area (Å²) in [7, 11) is 1.52. The van der Waals surface area contributed by atoms with E-state index < -0.39 is 0 Å². The van der Waals surface area contributed by atoms with E-state index in [-0.39, 0.29) is 5.82 Å². The van der Waals surface area contributed by atoms with Crippen molar-refractivity contribution in [1.29, 1.82) is 0 Å². The van der Waals surface area contributed by atoms with E-state index in [1.54, 1.807) is 0 Å². The summed E-state index contributed by atoms with van der Waals surface area (Å²) in [6.45, 7) is 5.73. The summed E-state index contributed by atoms with van der Waals surface area (Å²) < 4.78 is 24.5. The van der Waals surface area contributed by atoms with Gasteiger partial charge < -0.3 is 14.8 Å². The summed E-state index contributed by atoms with van der Waals surface area (Å²) in [6.07, 6.45) is 2.13. The van der Waals surface area contributed by atoms with Crippen LogP contribution in [0.4, 0.5) is 4.39 Å². The Morgan fingerprint density at radius 3 is 2.68 bits per heavy atom. The highest BCUT2D eigenvalue weighted by Crippen LogP contribution is 2.37. The molecular formula is C17H25FN2O2. The van der Waals surface area contributed by atoms with Crippen LogP contribution in [-0.2, 0) is 4.74 Å². The lowest BCUT2D eigenvalue weighted by Gasteiger charge is -2.41. The third-order valence-corrected chi connectivity index (χ3v) is 4.77. The first-order valence-electron chi connectivity index (χ1n) is 8.15. The monoisotopic (exact) mass is 308 g/mol. The fraction of sp³-hybridized carbons (Fsp3) is 0.647. The van der Waals surface area contributed by atoms with Gasteiger partial charge in [0.05, 0.1) is 7.11 Å². The molecule has 1 aromatic carbocycles. The minimum absolute atomic E-state index is 0.294. The van der Waals surface area contributed by atoms with E-state index in [9.17, 15) is 4.39 Å². The van der Waals surface area contributed by atoms with Crippen molar-refractivity contribution in [3.63, 3.8) is 0 Å². The number of rotatable bonds is 4. The van der Waals surface area contributed by atoms with E-state index in [1.807, 2.05) is 12.1 Å². The van der Waals surface area contributed by atoms with E-state index >= 15 is 0 Å². The van der Waals surface area contributed by atoms with Gasteiger partial charge in [-0.15, -0.1) is 0 Å². The van der Waals surface area contributed by atoms with Gasteiger partial charge in [0.1, 0.15) is 0 Å². The molecular weight excluding hydrogens is 283 g/mol. The van der Waals surface area contributed by atoms with Gasteiger partial charge in [0, 0.05) is 45.4 Å². The zero-order valence-corrected chi connectivity index (χ0v) is 13.2. The number of methoxy groups -OCH3 is 1. The van der Waals surface area contributed by atoms with Gasteiger partial charge in [0.2, 0.25) is 0 Å². The normalized spacial score (nSPS) is 22.5. The SMILES string of the molecule is COc1cc([C@H](C2CCOCC2)N2CCNCC2)ccc1F. The molecule has 122 valence electrons. The highest BCUT2D eigenvalue weighted by atomic mass is 19.1. The largest absolute Gasteiger partial charge is 0.494 e. The van der Waals surface area contributed by atoms with E-state index in [2.05, 4.69) is 10.2 Å². The van der Waals surface area contributed by atoms with E-state index in [1.165, 1.54) is 13.2 Å². The van der Waals surface area contributed by atoms with Crippen LogP contribution < -0.4 is 10.1 Å². The van der Waals surface area contributed by atoms with Gasteiger partial charge in [0.25, 0.3) is 0 Å². The minimum atomic E-state index is -0.294. The Kier molecular flexibility index (Phi) is 5.28. The maximum Gasteiger partial charge on any atom is 0.165 e. The van der Waals surface area contributed by atoms with Crippen LogP contribution in [0.2, 0.25) is 0 Å². The molecule has 2 aliphatic rings. The van der Waals surface area contributed by atoms with Crippen LogP contribution in [0, 0.1) is 11.7 Å². The minimum Gasteiger partial charge on any atom is -0.494 e. The molecule has 0 saturated carbocycles. The Hall–Kier alpha value is -1.17. The molecule has 1 atom stereocenters. The lowest BCUT2D eigenvalue weighted by atomic mass is 9.85. The molecule has 22 heavy (non-hydrogen) atoms. The first-order valence-corrected chi connectivity index (χ1v) is 8.15. The summed E-state index contributed by atoms with van der Waals surface area (Å²) >= 11 is 0. The molecule has 0 radical (unpaired) electrons. The standard InChI is InChI=1S/C17H25FN2O2/c1-21-16-12-14(2-3-15(16)18)17(13-4-10-22-11-5-13)20-8-6-19-7-9-20/h2-3,12-13,17,19H,4-11H2,1H3/t17-/m0/s1. The third-order valence-electron chi connectivity index (χ3n) is 4.77. The molecule has 0 aliphatic carbocycles. The predicted octanol–water partition coefficient (Wildman–Crippen LogP) is 2.21. The number of nitrogens with one attached hydrogen (secondary N) is 1. The zero-order chi connectivity index (χ0) is 15.4. The molecule has 0 aromatic heterocycles. The van der Waals surface area contributed by atoms with Gasteiger partial charge in [-0.3, -0.25) is 4.90 Å².